The third kappa shape index (κ3) is 1.01. The normalized spacial score (nSPS) is 48.2. The summed E-state index contributed by atoms with van der Waals surface area (Å²) in [6.07, 6.45) is 2.98. The van der Waals surface area contributed by atoms with E-state index in [0.717, 1.165) is 23.8 Å². The summed E-state index contributed by atoms with van der Waals surface area (Å²) in [5.74, 6) is 3.01. The summed E-state index contributed by atoms with van der Waals surface area (Å²) in [7, 11) is 2.27. The fourth-order valence-electron chi connectivity index (χ4n) is 3.15. The zero-order valence-electron chi connectivity index (χ0n) is 7.79. The fraction of sp³-hybridized carbons (Fsp3) is 1.00. The second kappa shape index (κ2) is 2.46. The largest absolute Gasteiger partial charge is 0.313 e. The topological polar surface area (TPSA) is 15.3 Å². The van der Waals surface area contributed by atoms with Crippen LogP contribution in [-0.4, -0.2) is 37.6 Å². The highest BCUT2D eigenvalue weighted by Gasteiger charge is 2.47. The van der Waals surface area contributed by atoms with E-state index >= 15 is 0 Å². The third-order valence-corrected chi connectivity index (χ3v) is 3.88. The Hall–Kier alpha value is -0.0800. The van der Waals surface area contributed by atoms with Gasteiger partial charge in [-0.3, -0.25) is 0 Å². The zero-order valence-corrected chi connectivity index (χ0v) is 7.79. The Labute approximate surface area is 74.3 Å². The minimum absolute atomic E-state index is 0.889. The lowest BCUT2D eigenvalue weighted by atomic mass is 9.92. The molecule has 0 radical (unpaired) electrons. The summed E-state index contributed by atoms with van der Waals surface area (Å²) < 4.78 is 0. The number of rotatable bonds is 1. The van der Waals surface area contributed by atoms with Gasteiger partial charge < -0.3 is 10.2 Å². The summed E-state index contributed by atoms with van der Waals surface area (Å²) >= 11 is 0. The molecule has 12 heavy (non-hydrogen) atoms. The molecule has 2 nitrogen and oxygen atoms in total. The van der Waals surface area contributed by atoms with Gasteiger partial charge in [-0.2, -0.15) is 0 Å². The molecule has 0 aromatic carbocycles. The van der Waals surface area contributed by atoms with E-state index in [1.165, 1.54) is 32.5 Å². The summed E-state index contributed by atoms with van der Waals surface area (Å²) in [5.41, 5.74) is 0. The van der Waals surface area contributed by atoms with Crippen LogP contribution in [0.1, 0.15) is 12.8 Å². The van der Waals surface area contributed by atoms with Crippen molar-refractivity contribution < 1.29 is 0 Å². The van der Waals surface area contributed by atoms with Gasteiger partial charge in [-0.05, 0) is 44.2 Å². The van der Waals surface area contributed by atoms with Crippen molar-refractivity contribution in [2.24, 2.45) is 17.8 Å². The van der Waals surface area contributed by atoms with Gasteiger partial charge in [0, 0.05) is 19.1 Å². The van der Waals surface area contributed by atoms with Gasteiger partial charge in [0.15, 0.2) is 0 Å². The molecule has 3 atom stereocenters. The molecule has 1 aliphatic carbocycles. The molecule has 3 aliphatic rings. The van der Waals surface area contributed by atoms with E-state index in [1.54, 1.807) is 0 Å². The van der Waals surface area contributed by atoms with Gasteiger partial charge in [0.05, 0.1) is 0 Å². The Morgan fingerprint density at radius 3 is 2.75 bits per heavy atom. The van der Waals surface area contributed by atoms with Crippen molar-refractivity contribution in [1.29, 1.82) is 0 Å². The van der Waals surface area contributed by atoms with Gasteiger partial charge in [0.2, 0.25) is 0 Å². The fourth-order valence-corrected chi connectivity index (χ4v) is 3.15. The van der Waals surface area contributed by atoms with Gasteiger partial charge in [-0.25, -0.2) is 0 Å². The molecule has 2 heterocycles. The molecule has 0 amide bonds. The molecule has 3 fully saturated rings. The highest BCUT2D eigenvalue weighted by atomic mass is 15.2. The lowest BCUT2D eigenvalue weighted by molar-refractivity contribution is 0.342. The summed E-state index contributed by atoms with van der Waals surface area (Å²) in [6.45, 7) is 3.97. The first-order chi connectivity index (χ1) is 5.84. The summed E-state index contributed by atoms with van der Waals surface area (Å²) in [5, 5.41) is 3.71. The van der Waals surface area contributed by atoms with Crippen LogP contribution < -0.4 is 5.32 Å². The molecule has 0 bridgehead atoms. The van der Waals surface area contributed by atoms with Crippen LogP contribution in [0.4, 0.5) is 0 Å². The number of hydrogen-bond acceptors (Lipinski definition) is 2. The Kier molecular flexibility index (Phi) is 1.50. The minimum atomic E-state index is 0.889. The number of likely N-dealkylation sites (tertiary alicyclic amines) is 1. The van der Waals surface area contributed by atoms with Crippen LogP contribution in [0.15, 0.2) is 0 Å². The maximum absolute atomic E-state index is 3.71. The molecule has 0 unspecified atom stereocenters. The van der Waals surface area contributed by atoms with Crippen LogP contribution in [0.2, 0.25) is 0 Å². The average Bonchev–Trinajstić information content (AvgIpc) is 2.69. The van der Waals surface area contributed by atoms with E-state index in [4.69, 9.17) is 0 Å². The predicted octanol–water partition coefficient (Wildman–Crippen LogP) is 0.546. The van der Waals surface area contributed by atoms with Crippen molar-refractivity contribution in [3.8, 4) is 0 Å². The van der Waals surface area contributed by atoms with Crippen LogP contribution in [0.5, 0.6) is 0 Å². The van der Waals surface area contributed by atoms with E-state index in [0.29, 0.717) is 0 Å². The summed E-state index contributed by atoms with van der Waals surface area (Å²) in [6, 6.07) is 0.889. The molecule has 0 spiro atoms. The molecule has 1 N–H and O–H groups in total. The minimum Gasteiger partial charge on any atom is -0.313 e. The van der Waals surface area contributed by atoms with Crippen molar-refractivity contribution in [2.75, 3.05) is 26.7 Å². The van der Waals surface area contributed by atoms with Gasteiger partial charge >= 0.3 is 0 Å². The van der Waals surface area contributed by atoms with Gasteiger partial charge in [0.1, 0.15) is 0 Å². The Morgan fingerprint density at radius 1 is 1.17 bits per heavy atom. The quantitative estimate of drug-likeness (QED) is 0.612. The van der Waals surface area contributed by atoms with Crippen LogP contribution in [0.3, 0.4) is 0 Å². The Bertz CT molecular complexity index is 188. The van der Waals surface area contributed by atoms with E-state index in [-0.39, 0.29) is 0 Å². The monoisotopic (exact) mass is 166 g/mol. The molecule has 2 saturated heterocycles. The molecule has 68 valence electrons. The standard InChI is InChI=1S/C10H18N2/c1-12-5-8-4-11-10(7-2-3-7)9(8)6-12/h7-11H,2-6H2,1H3/t8-,9+,10-/m0/s1. The predicted molar refractivity (Wildman–Crippen MR) is 49.0 cm³/mol. The van der Waals surface area contributed by atoms with Gasteiger partial charge in [-0.1, -0.05) is 0 Å². The molecular formula is C10H18N2. The lowest BCUT2D eigenvalue weighted by Crippen LogP contribution is -2.32. The molecule has 0 aromatic rings. The highest BCUT2D eigenvalue weighted by Crippen LogP contribution is 2.42. The first-order valence-corrected chi connectivity index (χ1v) is 5.26. The molecule has 1 saturated carbocycles. The number of nitrogens with one attached hydrogen (secondary N) is 1. The third-order valence-electron chi connectivity index (χ3n) is 3.88. The van der Waals surface area contributed by atoms with E-state index in [2.05, 4.69) is 17.3 Å². The van der Waals surface area contributed by atoms with Crippen LogP contribution in [-0.2, 0) is 0 Å². The van der Waals surface area contributed by atoms with Crippen molar-refractivity contribution in [1.82, 2.24) is 10.2 Å². The van der Waals surface area contributed by atoms with Crippen LogP contribution >= 0.6 is 0 Å². The molecular weight excluding hydrogens is 148 g/mol. The van der Waals surface area contributed by atoms with Crippen molar-refractivity contribution in [2.45, 2.75) is 18.9 Å². The van der Waals surface area contributed by atoms with Crippen molar-refractivity contribution in [3.63, 3.8) is 0 Å². The number of hydrogen-bond donors (Lipinski definition) is 1. The maximum atomic E-state index is 3.71. The zero-order chi connectivity index (χ0) is 8.13. The highest BCUT2D eigenvalue weighted by molar-refractivity contribution is 5.02. The van der Waals surface area contributed by atoms with Crippen molar-refractivity contribution in [3.05, 3.63) is 0 Å². The van der Waals surface area contributed by atoms with Gasteiger partial charge in [-0.15, -0.1) is 0 Å². The molecule has 3 rings (SSSR count). The molecule has 2 heteroatoms. The SMILES string of the molecule is CN1C[C@@H]2CN[C@@H](C3CC3)[C@@H]2C1. The van der Waals surface area contributed by atoms with Crippen LogP contribution in [0, 0.1) is 17.8 Å². The van der Waals surface area contributed by atoms with Crippen LogP contribution in [0.25, 0.3) is 0 Å². The lowest BCUT2D eigenvalue weighted by Gasteiger charge is -2.17. The second-order valence-corrected chi connectivity index (χ2v) is 4.92. The average molecular weight is 166 g/mol. The first kappa shape index (κ1) is 7.34. The van der Waals surface area contributed by atoms with Gasteiger partial charge in [0.25, 0.3) is 0 Å². The smallest absolute Gasteiger partial charge is 0.0139 e. The molecule has 0 aromatic heterocycles. The second-order valence-electron chi connectivity index (χ2n) is 4.92. The van der Waals surface area contributed by atoms with Crippen molar-refractivity contribution >= 4 is 0 Å². The van der Waals surface area contributed by atoms with E-state index in [1.807, 2.05) is 0 Å². The van der Waals surface area contributed by atoms with E-state index < -0.39 is 0 Å². The Balaban J connectivity index is 1.73. The van der Waals surface area contributed by atoms with E-state index in [9.17, 15) is 0 Å². The maximum Gasteiger partial charge on any atom is 0.0139 e. The molecule has 2 aliphatic heterocycles. The summed E-state index contributed by atoms with van der Waals surface area (Å²) in [4.78, 5) is 2.51. The number of nitrogens with zero attached hydrogens (tertiary/aromatic N) is 1. The number of fused-ring (bicyclic) bond motifs is 1. The Morgan fingerprint density at radius 2 is 2.00 bits per heavy atom. The first-order valence-electron chi connectivity index (χ1n) is 5.26.